The number of ether oxygens (including phenoxy) is 1. The Morgan fingerprint density at radius 2 is 1.60 bits per heavy atom. The Morgan fingerprint density at radius 3 is 2.20 bits per heavy atom. The van der Waals surface area contributed by atoms with Gasteiger partial charge in [-0.1, -0.05) is 0 Å². The fourth-order valence-corrected chi connectivity index (χ4v) is 5.03. The number of carbonyl (C=O) groups excluding carboxylic acids is 2. The third-order valence-electron chi connectivity index (χ3n) is 7.10. The lowest BCUT2D eigenvalue weighted by atomic mass is 10.0. The van der Waals surface area contributed by atoms with Gasteiger partial charge in [0, 0.05) is 45.7 Å². The number of methoxy groups -OCH3 is 1. The van der Waals surface area contributed by atoms with Gasteiger partial charge in [0.05, 0.1) is 32.2 Å². The van der Waals surface area contributed by atoms with Crippen molar-refractivity contribution in [2.45, 2.75) is 25.3 Å². The van der Waals surface area contributed by atoms with E-state index in [1.807, 2.05) is 41.3 Å². The minimum Gasteiger partial charge on any atom is -0.497 e. The predicted molar refractivity (Wildman–Crippen MR) is 131 cm³/mol. The van der Waals surface area contributed by atoms with Gasteiger partial charge in [-0.15, -0.1) is 0 Å². The lowest BCUT2D eigenvalue weighted by molar-refractivity contribution is -0.136. The summed E-state index contributed by atoms with van der Waals surface area (Å²) in [4.78, 5) is 32.1. The molecule has 1 atom stereocenters. The highest BCUT2D eigenvalue weighted by atomic mass is 16.5. The maximum atomic E-state index is 13.4. The molecule has 3 aliphatic heterocycles. The largest absolute Gasteiger partial charge is 0.497 e. The molecule has 2 aromatic rings. The summed E-state index contributed by atoms with van der Waals surface area (Å²) in [5.74, 6) is 1.70. The number of piperazine rings is 1. The van der Waals surface area contributed by atoms with Gasteiger partial charge >= 0.3 is 0 Å². The van der Waals surface area contributed by atoms with E-state index in [1.165, 1.54) is 0 Å². The van der Waals surface area contributed by atoms with Crippen LogP contribution < -0.4 is 4.74 Å². The number of furan rings is 1. The van der Waals surface area contributed by atoms with Crippen molar-refractivity contribution in [2.75, 3.05) is 59.5 Å². The van der Waals surface area contributed by atoms with E-state index in [0.717, 1.165) is 74.9 Å². The lowest BCUT2D eigenvalue weighted by Gasteiger charge is -2.35. The molecule has 35 heavy (non-hydrogen) atoms. The fraction of sp³-hybridized carbons (Fsp3) is 0.500. The second kappa shape index (κ2) is 10.6. The molecule has 186 valence electrons. The van der Waals surface area contributed by atoms with Crippen LogP contribution in [0.25, 0.3) is 0 Å². The van der Waals surface area contributed by atoms with Gasteiger partial charge < -0.3 is 14.1 Å². The Labute approximate surface area is 205 Å². The topological polar surface area (TPSA) is 81.8 Å². The second-order valence-electron chi connectivity index (χ2n) is 9.39. The molecule has 1 unspecified atom stereocenters. The summed E-state index contributed by atoms with van der Waals surface area (Å²) in [5, 5.41) is 6.31. The summed E-state index contributed by atoms with van der Waals surface area (Å²) in [6.45, 7) is 5.64. The molecular formula is C26H33N5O4. The van der Waals surface area contributed by atoms with Crippen LogP contribution in [0.4, 0.5) is 0 Å². The van der Waals surface area contributed by atoms with Crippen LogP contribution in [-0.4, -0.2) is 96.7 Å². The number of amides is 2. The molecule has 0 aliphatic carbocycles. The Morgan fingerprint density at radius 1 is 0.943 bits per heavy atom. The monoisotopic (exact) mass is 479 g/mol. The molecule has 0 bridgehead atoms. The van der Waals surface area contributed by atoms with E-state index in [9.17, 15) is 9.59 Å². The first-order valence-electron chi connectivity index (χ1n) is 12.4. The first kappa shape index (κ1) is 23.6. The number of nitrogens with zero attached hydrogens (tertiary/aromatic N) is 5. The second-order valence-corrected chi connectivity index (χ2v) is 9.39. The van der Waals surface area contributed by atoms with Crippen LogP contribution in [0.3, 0.4) is 0 Å². The van der Waals surface area contributed by atoms with Crippen molar-refractivity contribution in [3.8, 4) is 5.75 Å². The molecule has 0 radical (unpaired) electrons. The highest BCUT2D eigenvalue weighted by Gasteiger charge is 2.36. The summed E-state index contributed by atoms with van der Waals surface area (Å²) >= 11 is 0. The van der Waals surface area contributed by atoms with Gasteiger partial charge in [-0.3, -0.25) is 19.4 Å². The number of carbonyl (C=O) groups is 2. The molecule has 5 rings (SSSR count). The van der Waals surface area contributed by atoms with Gasteiger partial charge in [-0.25, -0.2) is 5.01 Å². The molecule has 3 aliphatic rings. The van der Waals surface area contributed by atoms with E-state index in [0.29, 0.717) is 19.5 Å². The molecule has 2 saturated heterocycles. The number of hydrazone groups is 1. The third kappa shape index (κ3) is 5.41. The molecule has 2 fully saturated rings. The van der Waals surface area contributed by atoms with E-state index in [2.05, 4.69) is 9.80 Å². The van der Waals surface area contributed by atoms with Crippen molar-refractivity contribution < 1.29 is 18.7 Å². The maximum absolute atomic E-state index is 13.4. The van der Waals surface area contributed by atoms with Crippen LogP contribution in [0.2, 0.25) is 0 Å². The number of hydrogen-bond donors (Lipinski definition) is 0. The highest BCUT2D eigenvalue weighted by Crippen LogP contribution is 2.33. The number of hydrogen-bond acceptors (Lipinski definition) is 7. The van der Waals surface area contributed by atoms with Crippen LogP contribution in [-0.2, 0) is 9.59 Å². The maximum Gasteiger partial charge on any atom is 0.257 e. The lowest BCUT2D eigenvalue weighted by Crippen LogP contribution is -2.51. The first-order valence-corrected chi connectivity index (χ1v) is 12.4. The van der Waals surface area contributed by atoms with Crippen molar-refractivity contribution in [3.05, 3.63) is 54.0 Å². The average molecular weight is 480 g/mol. The van der Waals surface area contributed by atoms with Crippen LogP contribution in [0.15, 0.2) is 52.2 Å². The van der Waals surface area contributed by atoms with Gasteiger partial charge in [0.1, 0.15) is 17.6 Å². The van der Waals surface area contributed by atoms with Crippen LogP contribution in [0.1, 0.15) is 36.6 Å². The molecule has 0 saturated carbocycles. The smallest absolute Gasteiger partial charge is 0.257 e. The molecule has 0 spiro atoms. The van der Waals surface area contributed by atoms with Gasteiger partial charge in [-0.05, 0) is 54.8 Å². The highest BCUT2D eigenvalue weighted by molar-refractivity contribution is 6.03. The molecule has 9 heteroatoms. The number of benzene rings is 1. The van der Waals surface area contributed by atoms with Crippen molar-refractivity contribution in [1.82, 2.24) is 19.7 Å². The van der Waals surface area contributed by atoms with Gasteiger partial charge in [0.25, 0.3) is 5.91 Å². The normalized spacial score (nSPS) is 21.4. The predicted octanol–water partition coefficient (Wildman–Crippen LogP) is 2.21. The summed E-state index contributed by atoms with van der Waals surface area (Å²) in [5.41, 5.74) is 1.82. The summed E-state index contributed by atoms with van der Waals surface area (Å²) < 4.78 is 10.9. The van der Waals surface area contributed by atoms with E-state index in [4.69, 9.17) is 14.3 Å². The molecule has 2 amide bonds. The zero-order valence-electron chi connectivity index (χ0n) is 20.3. The molecule has 1 aromatic heterocycles. The van der Waals surface area contributed by atoms with E-state index < -0.39 is 0 Å². The quantitative estimate of drug-likeness (QED) is 0.606. The van der Waals surface area contributed by atoms with Gasteiger partial charge in [-0.2, -0.15) is 5.10 Å². The summed E-state index contributed by atoms with van der Waals surface area (Å²) in [6, 6.07) is 11.2. The van der Waals surface area contributed by atoms with Crippen LogP contribution in [0.5, 0.6) is 5.75 Å². The Kier molecular flexibility index (Phi) is 7.15. The van der Waals surface area contributed by atoms with Crippen molar-refractivity contribution in [1.29, 1.82) is 0 Å². The van der Waals surface area contributed by atoms with Gasteiger partial charge in [0.15, 0.2) is 0 Å². The molecule has 1 aromatic carbocycles. The van der Waals surface area contributed by atoms with Crippen LogP contribution >= 0.6 is 0 Å². The van der Waals surface area contributed by atoms with Crippen LogP contribution in [0, 0.1) is 0 Å². The van der Waals surface area contributed by atoms with Crippen molar-refractivity contribution in [3.63, 3.8) is 0 Å². The molecule has 4 heterocycles. The standard InChI is InChI=1S/C26H33N5O4/c1-34-21-8-6-20(7-9-21)22-17-23(24-5-4-16-35-24)31(27-22)26(33)19-29-14-12-28(13-15-29)18-25(32)30-10-2-3-11-30/h4-9,16,23H,2-3,10-15,17-19H2,1H3. The summed E-state index contributed by atoms with van der Waals surface area (Å²) in [6.07, 6.45) is 4.45. The summed E-state index contributed by atoms with van der Waals surface area (Å²) in [7, 11) is 1.64. The Balaban J connectivity index is 1.20. The Bertz CT molecular complexity index is 1040. The van der Waals surface area contributed by atoms with Crippen molar-refractivity contribution in [2.24, 2.45) is 5.10 Å². The molecular weight excluding hydrogens is 446 g/mol. The third-order valence-corrected chi connectivity index (χ3v) is 7.10. The minimum atomic E-state index is -0.256. The zero-order chi connectivity index (χ0) is 24.2. The average Bonchev–Trinajstić information content (AvgIpc) is 3.67. The minimum absolute atomic E-state index is 0.0449. The molecule has 0 N–H and O–H groups in total. The first-order chi connectivity index (χ1) is 17.1. The number of likely N-dealkylation sites (tertiary alicyclic amines) is 1. The SMILES string of the molecule is COc1ccc(C2=NN(C(=O)CN3CCN(CC(=O)N4CCCC4)CC3)C(c3ccco3)C2)cc1. The zero-order valence-corrected chi connectivity index (χ0v) is 20.3. The number of rotatable bonds is 7. The van der Waals surface area contributed by atoms with E-state index in [1.54, 1.807) is 18.4 Å². The van der Waals surface area contributed by atoms with E-state index in [-0.39, 0.29) is 17.9 Å². The molecule has 9 nitrogen and oxygen atoms in total. The van der Waals surface area contributed by atoms with E-state index >= 15 is 0 Å². The Hall–Kier alpha value is -3.17. The van der Waals surface area contributed by atoms with Crippen molar-refractivity contribution >= 4 is 17.5 Å². The fourth-order valence-electron chi connectivity index (χ4n) is 5.03. The van der Waals surface area contributed by atoms with Gasteiger partial charge in [0.2, 0.25) is 5.91 Å².